The largest absolute Gasteiger partial charge is 0.433 e. The number of anilines is 2. The molecule has 2 saturated heterocycles. The Labute approximate surface area is 238 Å². The van der Waals surface area contributed by atoms with Crippen molar-refractivity contribution < 1.29 is 23.4 Å². The number of nitrogens with zero attached hydrogens (tertiary/aromatic N) is 5. The first-order valence-electron chi connectivity index (χ1n) is 13.7. The molecule has 40 heavy (non-hydrogen) atoms. The number of ether oxygens (including phenoxy) is 1. The number of piperidine rings is 1. The van der Waals surface area contributed by atoms with Gasteiger partial charge in [-0.2, -0.15) is 8.78 Å². The molecule has 2 aliphatic heterocycles. The van der Waals surface area contributed by atoms with Crippen LogP contribution in [0.2, 0.25) is 5.15 Å². The van der Waals surface area contributed by atoms with Gasteiger partial charge in [0.2, 0.25) is 0 Å². The molecule has 0 aliphatic carbocycles. The molecule has 220 valence electrons. The Balaban J connectivity index is 1.31. The molecule has 0 unspecified atom stereocenters. The number of nitrogens with one attached hydrogen (secondary N) is 1. The summed E-state index contributed by atoms with van der Waals surface area (Å²) >= 11 is 6.45. The molecule has 1 aromatic heterocycles. The maximum Gasteiger partial charge on any atom is 0.394 e. The van der Waals surface area contributed by atoms with E-state index in [4.69, 9.17) is 22.4 Å². The van der Waals surface area contributed by atoms with Crippen LogP contribution in [-0.2, 0) is 6.54 Å². The Bertz CT molecular complexity index is 1140. The van der Waals surface area contributed by atoms with Gasteiger partial charge in [-0.15, -0.1) is 0 Å². The standard InChI is InChI=1S/C27H38ClF2N7O3/c1-3-19-17-36(25-23(28)33-22(24(31)34-25)26(39)32-10-15-38)13-14-37(19)20-8-11-35(12-9-20)16-18-4-6-21(7-5-18)40-27(2,29)30/h4-7,19-20,38H,3,8-17H2,1-2H3,(H2,31,34)(H,32,39)/t19-/m0/s1. The van der Waals surface area contributed by atoms with E-state index in [9.17, 15) is 13.6 Å². The molecule has 1 atom stereocenters. The van der Waals surface area contributed by atoms with Crippen molar-refractivity contribution in [1.82, 2.24) is 25.1 Å². The zero-order chi connectivity index (χ0) is 28.9. The number of carbonyl (C=O) groups excluding carboxylic acids is 1. The zero-order valence-corrected chi connectivity index (χ0v) is 23.7. The quantitative estimate of drug-likeness (QED) is 0.389. The van der Waals surface area contributed by atoms with Crippen molar-refractivity contribution in [2.45, 2.75) is 57.8 Å². The van der Waals surface area contributed by atoms with Crippen molar-refractivity contribution in [3.8, 4) is 5.75 Å². The van der Waals surface area contributed by atoms with Gasteiger partial charge in [-0.05, 0) is 50.0 Å². The lowest BCUT2D eigenvalue weighted by Crippen LogP contribution is -2.58. The minimum Gasteiger partial charge on any atom is -0.433 e. The molecule has 13 heteroatoms. The smallest absolute Gasteiger partial charge is 0.394 e. The first-order valence-corrected chi connectivity index (χ1v) is 14.1. The van der Waals surface area contributed by atoms with E-state index in [1.165, 1.54) is 0 Å². The average Bonchev–Trinajstić information content (AvgIpc) is 2.93. The Hall–Kier alpha value is -2.80. The van der Waals surface area contributed by atoms with Gasteiger partial charge in [0.15, 0.2) is 22.5 Å². The SMILES string of the molecule is CC[C@H]1CN(c2nc(N)c(C(=O)NCCO)nc2Cl)CCN1C1CCN(Cc2ccc(OC(C)(F)F)cc2)CC1. The second kappa shape index (κ2) is 13.2. The molecule has 10 nitrogen and oxygen atoms in total. The van der Waals surface area contributed by atoms with Crippen LogP contribution < -0.4 is 20.7 Å². The molecule has 0 radical (unpaired) electrons. The number of likely N-dealkylation sites (tertiary alicyclic amines) is 1. The molecule has 2 aromatic rings. The number of nitrogens with two attached hydrogens (primary N) is 1. The van der Waals surface area contributed by atoms with Crippen LogP contribution in [0.15, 0.2) is 24.3 Å². The molecule has 2 fully saturated rings. The highest BCUT2D eigenvalue weighted by molar-refractivity contribution is 6.32. The number of aliphatic hydroxyl groups is 1. The van der Waals surface area contributed by atoms with E-state index < -0.39 is 12.0 Å². The van der Waals surface area contributed by atoms with E-state index in [0.29, 0.717) is 24.4 Å². The van der Waals surface area contributed by atoms with E-state index in [2.05, 4.69) is 41.6 Å². The van der Waals surface area contributed by atoms with E-state index in [1.54, 1.807) is 12.1 Å². The predicted octanol–water partition coefficient (Wildman–Crippen LogP) is 2.99. The summed E-state index contributed by atoms with van der Waals surface area (Å²) in [5.74, 6) is 0.115. The monoisotopic (exact) mass is 581 g/mol. The highest BCUT2D eigenvalue weighted by Crippen LogP contribution is 2.30. The van der Waals surface area contributed by atoms with Gasteiger partial charge in [0.25, 0.3) is 5.91 Å². The van der Waals surface area contributed by atoms with Crippen LogP contribution in [0.3, 0.4) is 0 Å². The minimum atomic E-state index is -3.19. The molecule has 4 rings (SSSR count). The fourth-order valence-electron chi connectivity index (χ4n) is 5.48. The van der Waals surface area contributed by atoms with Crippen molar-refractivity contribution in [3.63, 3.8) is 0 Å². The summed E-state index contributed by atoms with van der Waals surface area (Å²) < 4.78 is 30.8. The average molecular weight is 582 g/mol. The number of benzene rings is 1. The van der Waals surface area contributed by atoms with Crippen LogP contribution in [-0.4, -0.2) is 94.8 Å². The number of piperazine rings is 1. The number of amides is 1. The van der Waals surface area contributed by atoms with Crippen molar-refractivity contribution in [2.24, 2.45) is 0 Å². The Morgan fingerprint density at radius 3 is 2.52 bits per heavy atom. The summed E-state index contributed by atoms with van der Waals surface area (Å²) in [6.07, 6.45) is -0.137. The van der Waals surface area contributed by atoms with E-state index in [0.717, 1.165) is 64.5 Å². The van der Waals surface area contributed by atoms with E-state index in [1.807, 2.05) is 12.1 Å². The summed E-state index contributed by atoms with van der Waals surface area (Å²) in [7, 11) is 0. The van der Waals surface area contributed by atoms with Crippen molar-refractivity contribution >= 4 is 29.1 Å². The highest BCUT2D eigenvalue weighted by atomic mass is 35.5. The maximum atomic E-state index is 13.1. The first kappa shape index (κ1) is 30.2. The summed E-state index contributed by atoms with van der Waals surface area (Å²) in [6, 6.07) is 7.64. The first-order chi connectivity index (χ1) is 19.1. The normalized spacial score (nSPS) is 19.6. The number of aromatic nitrogens is 2. The van der Waals surface area contributed by atoms with Crippen LogP contribution in [0.5, 0.6) is 5.75 Å². The van der Waals surface area contributed by atoms with Gasteiger partial charge in [0.1, 0.15) is 5.75 Å². The Morgan fingerprint density at radius 1 is 1.20 bits per heavy atom. The number of aliphatic hydroxyl groups excluding tert-OH is 1. The second-order valence-electron chi connectivity index (χ2n) is 10.4. The Kier molecular flexibility index (Phi) is 9.99. The number of hydrogen-bond acceptors (Lipinski definition) is 9. The molecular formula is C27H38ClF2N7O3. The molecule has 0 bridgehead atoms. The fraction of sp³-hybridized carbons (Fsp3) is 0.593. The van der Waals surface area contributed by atoms with Crippen molar-refractivity contribution in [2.75, 3.05) is 56.5 Å². The summed E-state index contributed by atoms with van der Waals surface area (Å²) in [4.78, 5) is 27.9. The molecule has 0 spiro atoms. The van der Waals surface area contributed by atoms with Gasteiger partial charge in [-0.3, -0.25) is 14.6 Å². The lowest BCUT2D eigenvalue weighted by molar-refractivity contribution is -0.158. The van der Waals surface area contributed by atoms with E-state index in [-0.39, 0.29) is 35.6 Å². The minimum absolute atomic E-state index is 0.00292. The highest BCUT2D eigenvalue weighted by Gasteiger charge is 2.34. The molecular weight excluding hydrogens is 544 g/mol. The Morgan fingerprint density at radius 2 is 1.90 bits per heavy atom. The van der Waals surface area contributed by atoms with Crippen molar-refractivity contribution in [1.29, 1.82) is 0 Å². The van der Waals surface area contributed by atoms with Crippen LogP contribution in [0.25, 0.3) is 0 Å². The summed E-state index contributed by atoms with van der Waals surface area (Å²) in [5.41, 5.74) is 7.07. The number of carbonyl (C=O) groups is 1. The van der Waals surface area contributed by atoms with Crippen LogP contribution in [0.1, 0.15) is 49.2 Å². The van der Waals surface area contributed by atoms with Gasteiger partial charge in [0.05, 0.1) is 6.61 Å². The number of halogens is 3. The molecule has 3 heterocycles. The number of hydrogen-bond donors (Lipinski definition) is 3. The van der Waals surface area contributed by atoms with Crippen LogP contribution >= 0.6 is 11.6 Å². The summed E-state index contributed by atoms with van der Waals surface area (Å²) in [5, 5.41) is 11.6. The lowest BCUT2D eigenvalue weighted by Gasteiger charge is -2.47. The van der Waals surface area contributed by atoms with Crippen LogP contribution in [0.4, 0.5) is 20.4 Å². The third-order valence-corrected chi connectivity index (χ3v) is 7.68. The predicted molar refractivity (Wildman–Crippen MR) is 150 cm³/mol. The molecule has 0 saturated carbocycles. The van der Waals surface area contributed by atoms with Gasteiger partial charge in [0, 0.05) is 51.7 Å². The molecule has 2 aliphatic rings. The van der Waals surface area contributed by atoms with Crippen LogP contribution in [0, 0.1) is 0 Å². The van der Waals surface area contributed by atoms with Crippen molar-refractivity contribution in [3.05, 3.63) is 40.7 Å². The van der Waals surface area contributed by atoms with Gasteiger partial charge in [-0.25, -0.2) is 9.97 Å². The third kappa shape index (κ3) is 7.68. The molecule has 4 N–H and O–H groups in total. The lowest BCUT2D eigenvalue weighted by atomic mass is 9.98. The fourth-order valence-corrected chi connectivity index (χ4v) is 5.73. The van der Waals surface area contributed by atoms with E-state index >= 15 is 0 Å². The van der Waals surface area contributed by atoms with Gasteiger partial charge >= 0.3 is 6.11 Å². The van der Waals surface area contributed by atoms with Gasteiger partial charge in [-0.1, -0.05) is 30.7 Å². The number of rotatable bonds is 10. The zero-order valence-electron chi connectivity index (χ0n) is 23.0. The number of alkyl halides is 2. The number of nitrogen functional groups attached to an aromatic ring is 1. The summed E-state index contributed by atoms with van der Waals surface area (Å²) in [6.45, 7) is 7.78. The topological polar surface area (TPSA) is 120 Å². The third-order valence-electron chi connectivity index (χ3n) is 7.43. The second-order valence-corrected chi connectivity index (χ2v) is 10.7. The molecule has 1 amide bonds. The molecule has 1 aromatic carbocycles. The maximum absolute atomic E-state index is 13.1. The van der Waals surface area contributed by atoms with Gasteiger partial charge < -0.3 is 25.8 Å².